The summed E-state index contributed by atoms with van der Waals surface area (Å²) in [6.45, 7) is 5.89. The van der Waals surface area contributed by atoms with Crippen LogP contribution in [-0.4, -0.2) is 26.2 Å². The van der Waals surface area contributed by atoms with E-state index in [1.165, 1.54) is 0 Å². The summed E-state index contributed by atoms with van der Waals surface area (Å²) in [5.74, 6) is 1.28. The van der Waals surface area contributed by atoms with Gasteiger partial charge in [-0.05, 0) is 49.2 Å². The number of benzene rings is 2. The van der Waals surface area contributed by atoms with Crippen LogP contribution in [0, 0.1) is 0 Å². The molecule has 0 fully saturated rings. The number of ether oxygens (including phenoxy) is 3. The normalized spacial score (nSPS) is 10.1. The van der Waals surface area contributed by atoms with Gasteiger partial charge in [0.05, 0.1) is 19.4 Å². The van der Waals surface area contributed by atoms with Crippen molar-refractivity contribution in [1.29, 1.82) is 0 Å². The Morgan fingerprint density at radius 3 is 2.62 bits per heavy atom. The number of carbonyl (C=O) groups is 1. The third-order valence-corrected chi connectivity index (χ3v) is 3.72. The van der Waals surface area contributed by atoms with E-state index in [1.807, 2.05) is 25.1 Å². The second kappa shape index (κ2) is 9.73. The molecule has 2 aromatic rings. The summed E-state index contributed by atoms with van der Waals surface area (Å²) in [6.07, 6.45) is 2.54. The second-order valence-corrected chi connectivity index (χ2v) is 5.82. The van der Waals surface area contributed by atoms with Crippen molar-refractivity contribution in [2.75, 3.05) is 25.6 Å². The Hall–Kier alpha value is -2.66. The standard InChI is InChI=1S/C20H22ClNO4/c1-4-6-14-7-9-18(19(11-14)24-3)26-13-20(23)22-16-12-15(21)8-10-17(16)25-5-2/h4,7-12H,1,5-6,13H2,2-3H3,(H,22,23). The van der Waals surface area contributed by atoms with Crippen molar-refractivity contribution in [3.05, 3.63) is 59.6 Å². The van der Waals surface area contributed by atoms with Crippen molar-refractivity contribution in [3.8, 4) is 17.2 Å². The van der Waals surface area contributed by atoms with Crippen LogP contribution in [0.1, 0.15) is 12.5 Å². The van der Waals surface area contributed by atoms with Gasteiger partial charge in [-0.2, -0.15) is 0 Å². The largest absolute Gasteiger partial charge is 0.493 e. The summed E-state index contributed by atoms with van der Waals surface area (Å²) in [6, 6.07) is 10.6. The highest BCUT2D eigenvalue weighted by molar-refractivity contribution is 6.31. The number of allylic oxidation sites excluding steroid dienone is 1. The number of hydrogen-bond donors (Lipinski definition) is 1. The van der Waals surface area contributed by atoms with Gasteiger partial charge in [-0.25, -0.2) is 0 Å². The van der Waals surface area contributed by atoms with E-state index in [4.69, 9.17) is 25.8 Å². The Balaban J connectivity index is 2.03. The van der Waals surface area contributed by atoms with E-state index in [2.05, 4.69) is 11.9 Å². The van der Waals surface area contributed by atoms with Gasteiger partial charge in [0, 0.05) is 5.02 Å². The van der Waals surface area contributed by atoms with Crippen LogP contribution in [0.4, 0.5) is 5.69 Å². The van der Waals surface area contributed by atoms with Crippen LogP contribution in [0.2, 0.25) is 5.02 Å². The first-order valence-corrected chi connectivity index (χ1v) is 8.58. The number of halogens is 1. The smallest absolute Gasteiger partial charge is 0.262 e. The summed E-state index contributed by atoms with van der Waals surface area (Å²) >= 11 is 5.99. The van der Waals surface area contributed by atoms with Gasteiger partial charge in [0.15, 0.2) is 18.1 Å². The molecule has 0 unspecified atom stereocenters. The van der Waals surface area contributed by atoms with E-state index in [-0.39, 0.29) is 12.5 Å². The molecule has 1 amide bonds. The molecule has 0 bridgehead atoms. The van der Waals surface area contributed by atoms with Crippen molar-refractivity contribution in [3.63, 3.8) is 0 Å². The van der Waals surface area contributed by atoms with E-state index >= 15 is 0 Å². The lowest BCUT2D eigenvalue weighted by atomic mass is 10.1. The van der Waals surface area contributed by atoms with Gasteiger partial charge in [-0.3, -0.25) is 4.79 Å². The molecule has 0 spiro atoms. The van der Waals surface area contributed by atoms with Gasteiger partial charge in [-0.15, -0.1) is 6.58 Å². The Bertz CT molecular complexity index is 776. The van der Waals surface area contributed by atoms with Crippen molar-refractivity contribution >= 4 is 23.2 Å². The molecule has 2 aromatic carbocycles. The third kappa shape index (κ3) is 5.43. The fraction of sp³-hybridized carbons (Fsp3) is 0.250. The van der Waals surface area contributed by atoms with E-state index in [1.54, 1.807) is 31.4 Å². The molecule has 0 heterocycles. The maximum atomic E-state index is 12.2. The van der Waals surface area contributed by atoms with E-state index in [9.17, 15) is 4.79 Å². The molecular formula is C20H22ClNO4. The molecule has 138 valence electrons. The first-order chi connectivity index (χ1) is 12.6. The van der Waals surface area contributed by atoms with Gasteiger partial charge >= 0.3 is 0 Å². The van der Waals surface area contributed by atoms with Crippen LogP contribution in [0.5, 0.6) is 17.2 Å². The Labute approximate surface area is 158 Å². The summed E-state index contributed by atoms with van der Waals surface area (Å²) in [5, 5.41) is 3.25. The van der Waals surface area contributed by atoms with Crippen molar-refractivity contribution < 1.29 is 19.0 Å². The average molecular weight is 376 g/mol. The summed E-state index contributed by atoms with van der Waals surface area (Å²) < 4.78 is 16.4. The van der Waals surface area contributed by atoms with E-state index in [0.29, 0.717) is 34.6 Å². The van der Waals surface area contributed by atoms with E-state index in [0.717, 1.165) is 12.0 Å². The van der Waals surface area contributed by atoms with Gasteiger partial charge in [0.2, 0.25) is 0 Å². The predicted octanol–water partition coefficient (Wildman–Crippen LogP) is 4.49. The molecule has 0 aliphatic rings. The molecular weight excluding hydrogens is 354 g/mol. The van der Waals surface area contributed by atoms with Crippen LogP contribution >= 0.6 is 11.6 Å². The topological polar surface area (TPSA) is 56.8 Å². The number of hydrogen-bond acceptors (Lipinski definition) is 4. The molecule has 5 nitrogen and oxygen atoms in total. The zero-order chi connectivity index (χ0) is 18.9. The van der Waals surface area contributed by atoms with Crippen LogP contribution in [0.25, 0.3) is 0 Å². The van der Waals surface area contributed by atoms with Gasteiger partial charge in [-0.1, -0.05) is 23.7 Å². The fourth-order valence-electron chi connectivity index (χ4n) is 2.34. The highest BCUT2D eigenvalue weighted by atomic mass is 35.5. The minimum absolute atomic E-state index is 0.171. The van der Waals surface area contributed by atoms with E-state index < -0.39 is 0 Å². The maximum absolute atomic E-state index is 12.2. The SMILES string of the molecule is C=CCc1ccc(OCC(=O)Nc2cc(Cl)ccc2OCC)c(OC)c1. The molecule has 0 atom stereocenters. The number of methoxy groups -OCH3 is 1. The first kappa shape index (κ1) is 19.7. The van der Waals surface area contributed by atoms with Crippen LogP contribution in [0.15, 0.2) is 49.1 Å². The minimum Gasteiger partial charge on any atom is -0.493 e. The highest BCUT2D eigenvalue weighted by Crippen LogP contribution is 2.30. The molecule has 1 N–H and O–H groups in total. The first-order valence-electron chi connectivity index (χ1n) is 8.20. The summed E-state index contributed by atoms with van der Waals surface area (Å²) in [7, 11) is 1.56. The van der Waals surface area contributed by atoms with Crippen LogP contribution < -0.4 is 19.5 Å². The Morgan fingerprint density at radius 1 is 1.15 bits per heavy atom. The second-order valence-electron chi connectivity index (χ2n) is 5.39. The monoisotopic (exact) mass is 375 g/mol. The number of nitrogens with one attached hydrogen (secondary N) is 1. The number of rotatable bonds is 9. The highest BCUT2D eigenvalue weighted by Gasteiger charge is 2.11. The molecule has 0 aliphatic carbocycles. The third-order valence-electron chi connectivity index (χ3n) is 3.48. The van der Waals surface area contributed by atoms with Crippen molar-refractivity contribution in [1.82, 2.24) is 0 Å². The number of anilines is 1. The molecule has 6 heteroatoms. The lowest BCUT2D eigenvalue weighted by Gasteiger charge is -2.14. The van der Waals surface area contributed by atoms with Gasteiger partial charge in [0.1, 0.15) is 5.75 Å². The lowest BCUT2D eigenvalue weighted by Crippen LogP contribution is -2.20. The van der Waals surface area contributed by atoms with Crippen molar-refractivity contribution in [2.24, 2.45) is 0 Å². The maximum Gasteiger partial charge on any atom is 0.262 e. The summed E-state index contributed by atoms with van der Waals surface area (Å²) in [5.41, 5.74) is 1.55. The molecule has 0 aromatic heterocycles. The predicted molar refractivity (Wildman–Crippen MR) is 104 cm³/mol. The van der Waals surface area contributed by atoms with Crippen molar-refractivity contribution in [2.45, 2.75) is 13.3 Å². The molecule has 0 radical (unpaired) electrons. The van der Waals surface area contributed by atoms with Gasteiger partial charge < -0.3 is 19.5 Å². The van der Waals surface area contributed by atoms with Gasteiger partial charge in [0.25, 0.3) is 5.91 Å². The average Bonchev–Trinajstić information content (AvgIpc) is 2.63. The molecule has 26 heavy (non-hydrogen) atoms. The Kier molecular flexibility index (Phi) is 7.36. The van der Waals surface area contributed by atoms with Crippen LogP contribution in [-0.2, 0) is 11.2 Å². The zero-order valence-electron chi connectivity index (χ0n) is 14.9. The lowest BCUT2D eigenvalue weighted by molar-refractivity contribution is -0.118. The number of amides is 1. The molecule has 0 saturated heterocycles. The summed E-state index contributed by atoms with van der Waals surface area (Å²) in [4.78, 5) is 12.2. The fourth-order valence-corrected chi connectivity index (χ4v) is 2.51. The quantitative estimate of drug-likeness (QED) is 0.656. The molecule has 2 rings (SSSR count). The Morgan fingerprint density at radius 2 is 1.92 bits per heavy atom. The minimum atomic E-state index is -0.328. The number of carbonyl (C=O) groups excluding carboxylic acids is 1. The van der Waals surface area contributed by atoms with Crippen LogP contribution in [0.3, 0.4) is 0 Å². The zero-order valence-corrected chi connectivity index (χ0v) is 15.6. The molecule has 0 aliphatic heterocycles. The molecule has 0 saturated carbocycles.